The van der Waals surface area contributed by atoms with Crippen LogP contribution in [0.4, 0.5) is 0 Å². The second kappa shape index (κ2) is 11.0. The maximum atomic E-state index is 9.07. The van der Waals surface area contributed by atoms with Crippen LogP contribution >= 0.6 is 0 Å². The predicted molar refractivity (Wildman–Crippen MR) is 186 cm³/mol. The van der Waals surface area contributed by atoms with Gasteiger partial charge in [0, 0.05) is 46.1 Å². The van der Waals surface area contributed by atoms with Gasteiger partial charge < -0.3 is 13.9 Å². The standard InChI is InChI=1S/C40H30N4O/c1-43(39(41)28-15-6-3-7-16-28)40(42-26-27-13-4-2-5-14-27)29-17-12-18-30(23-29)44-35-21-10-8-19-31(35)33-25-38-34(24-36(33)44)32-20-9-11-22-37(32)45-38/h2-26,40-41H,1H3. The first-order valence-corrected chi connectivity index (χ1v) is 15.1. The minimum atomic E-state index is -0.421. The molecule has 0 spiro atoms. The summed E-state index contributed by atoms with van der Waals surface area (Å²) in [5.41, 5.74) is 7.89. The first-order chi connectivity index (χ1) is 22.2. The Kier molecular flexibility index (Phi) is 6.50. The molecule has 0 saturated heterocycles. The Morgan fingerprint density at radius 3 is 2.20 bits per heavy atom. The van der Waals surface area contributed by atoms with E-state index in [4.69, 9.17) is 14.8 Å². The maximum absolute atomic E-state index is 9.07. The van der Waals surface area contributed by atoms with Gasteiger partial charge in [-0.2, -0.15) is 0 Å². The van der Waals surface area contributed by atoms with E-state index in [-0.39, 0.29) is 0 Å². The number of aromatic nitrogens is 1. The highest BCUT2D eigenvalue weighted by Gasteiger charge is 2.21. The zero-order valence-electron chi connectivity index (χ0n) is 24.8. The van der Waals surface area contributed by atoms with Crippen LogP contribution in [-0.4, -0.2) is 28.6 Å². The van der Waals surface area contributed by atoms with Crippen LogP contribution < -0.4 is 0 Å². The van der Waals surface area contributed by atoms with Crippen LogP contribution in [-0.2, 0) is 0 Å². The van der Waals surface area contributed by atoms with Crippen molar-refractivity contribution in [3.05, 3.63) is 162 Å². The Hall–Kier alpha value is -5.94. The van der Waals surface area contributed by atoms with E-state index in [2.05, 4.69) is 77.4 Å². The smallest absolute Gasteiger partial charge is 0.148 e. The van der Waals surface area contributed by atoms with Gasteiger partial charge in [-0.15, -0.1) is 0 Å². The van der Waals surface area contributed by atoms with Crippen LogP contribution in [0.25, 0.3) is 49.4 Å². The topological polar surface area (TPSA) is 57.5 Å². The highest BCUT2D eigenvalue weighted by Crippen LogP contribution is 2.38. The zero-order valence-corrected chi connectivity index (χ0v) is 24.8. The summed E-state index contributed by atoms with van der Waals surface area (Å²) in [7, 11) is 1.94. The van der Waals surface area contributed by atoms with E-state index in [1.165, 1.54) is 5.39 Å². The molecule has 5 nitrogen and oxygen atoms in total. The summed E-state index contributed by atoms with van der Waals surface area (Å²) in [4.78, 5) is 7.00. The number of hydrogen-bond acceptors (Lipinski definition) is 3. The molecular weight excluding hydrogens is 552 g/mol. The summed E-state index contributed by atoms with van der Waals surface area (Å²) in [6, 6.07) is 49.6. The lowest BCUT2D eigenvalue weighted by atomic mass is 10.1. The molecule has 0 radical (unpaired) electrons. The number of amidine groups is 1. The molecule has 1 unspecified atom stereocenters. The van der Waals surface area contributed by atoms with E-state index in [0.717, 1.165) is 60.7 Å². The van der Waals surface area contributed by atoms with Crippen molar-refractivity contribution in [3.63, 3.8) is 0 Å². The highest BCUT2D eigenvalue weighted by molar-refractivity contribution is 6.17. The third kappa shape index (κ3) is 4.66. The van der Waals surface area contributed by atoms with Crippen LogP contribution in [0.5, 0.6) is 0 Å². The van der Waals surface area contributed by atoms with Crippen molar-refractivity contribution in [3.8, 4) is 5.69 Å². The summed E-state index contributed by atoms with van der Waals surface area (Å²) in [5.74, 6) is 0.405. The lowest BCUT2D eigenvalue weighted by molar-refractivity contribution is 0.387. The zero-order chi connectivity index (χ0) is 30.3. The first kappa shape index (κ1) is 26.7. The molecule has 6 aromatic carbocycles. The fourth-order valence-electron chi connectivity index (χ4n) is 6.32. The molecule has 0 bridgehead atoms. The summed E-state index contributed by atoms with van der Waals surface area (Å²) in [5, 5.41) is 13.6. The van der Waals surface area contributed by atoms with Crippen LogP contribution in [0, 0.1) is 5.41 Å². The number of para-hydroxylation sites is 2. The third-order valence-corrected chi connectivity index (χ3v) is 8.53. The van der Waals surface area contributed by atoms with Gasteiger partial charge in [-0.3, -0.25) is 10.4 Å². The van der Waals surface area contributed by atoms with E-state index in [1.807, 2.05) is 91.0 Å². The average Bonchev–Trinajstić information content (AvgIpc) is 3.62. The van der Waals surface area contributed by atoms with Gasteiger partial charge in [0.05, 0.1) is 11.0 Å². The largest absolute Gasteiger partial charge is 0.456 e. The number of nitrogens with zero attached hydrogens (tertiary/aromatic N) is 3. The molecule has 0 amide bonds. The molecule has 8 aromatic rings. The Morgan fingerprint density at radius 2 is 1.38 bits per heavy atom. The number of benzene rings is 6. The average molecular weight is 583 g/mol. The maximum Gasteiger partial charge on any atom is 0.148 e. The van der Waals surface area contributed by atoms with Gasteiger partial charge in [0.25, 0.3) is 0 Å². The SMILES string of the molecule is CN(C(=N)c1ccccc1)C(N=Cc1ccccc1)c1cccc(-n2c3ccccc3c3cc4oc5ccccc5c4cc32)c1. The van der Waals surface area contributed by atoms with Gasteiger partial charge in [0.2, 0.25) is 0 Å². The Labute approximate surface area is 260 Å². The molecule has 45 heavy (non-hydrogen) atoms. The lowest BCUT2D eigenvalue weighted by Crippen LogP contribution is -2.30. The normalized spacial score (nSPS) is 12.5. The summed E-state index contributed by atoms with van der Waals surface area (Å²) < 4.78 is 8.60. The highest BCUT2D eigenvalue weighted by atomic mass is 16.3. The molecule has 1 atom stereocenters. The lowest BCUT2D eigenvalue weighted by Gasteiger charge is -2.28. The monoisotopic (exact) mass is 582 g/mol. The number of nitrogens with one attached hydrogen (secondary N) is 1. The van der Waals surface area contributed by atoms with Crippen molar-refractivity contribution >= 4 is 55.8 Å². The van der Waals surface area contributed by atoms with Gasteiger partial charge in [-0.1, -0.05) is 109 Å². The molecule has 0 saturated carbocycles. The van der Waals surface area contributed by atoms with Crippen LogP contribution in [0.2, 0.25) is 0 Å². The quantitative estimate of drug-likeness (QED) is 0.157. The molecule has 8 rings (SSSR count). The van der Waals surface area contributed by atoms with Gasteiger partial charge in [0.15, 0.2) is 0 Å². The van der Waals surface area contributed by atoms with E-state index in [9.17, 15) is 0 Å². The van der Waals surface area contributed by atoms with Crippen molar-refractivity contribution in [2.24, 2.45) is 4.99 Å². The molecule has 0 aliphatic carbocycles. The molecule has 216 valence electrons. The van der Waals surface area contributed by atoms with Gasteiger partial charge in [0.1, 0.15) is 23.2 Å². The fourth-order valence-corrected chi connectivity index (χ4v) is 6.32. The van der Waals surface area contributed by atoms with E-state index in [0.29, 0.717) is 5.84 Å². The molecule has 1 N–H and O–H groups in total. The van der Waals surface area contributed by atoms with Gasteiger partial charge in [-0.05, 0) is 47.5 Å². The number of furan rings is 1. The Morgan fingerprint density at radius 1 is 0.667 bits per heavy atom. The number of aliphatic imine (C=N–C) groups is 1. The second-order valence-corrected chi connectivity index (χ2v) is 11.3. The van der Waals surface area contributed by atoms with E-state index >= 15 is 0 Å². The van der Waals surface area contributed by atoms with Crippen molar-refractivity contribution in [1.29, 1.82) is 5.41 Å². The summed E-state index contributed by atoms with van der Waals surface area (Å²) in [6.45, 7) is 0. The molecule has 2 heterocycles. The van der Waals surface area contributed by atoms with Crippen molar-refractivity contribution in [2.45, 2.75) is 6.17 Å². The van der Waals surface area contributed by atoms with E-state index < -0.39 is 6.17 Å². The molecule has 5 heteroatoms. The van der Waals surface area contributed by atoms with Gasteiger partial charge >= 0.3 is 0 Å². The molecule has 0 fully saturated rings. The Balaban J connectivity index is 1.30. The molecule has 0 aliphatic heterocycles. The molecule has 0 aliphatic rings. The Bertz CT molecular complexity index is 2370. The molecular formula is C40H30N4O. The third-order valence-electron chi connectivity index (χ3n) is 8.53. The van der Waals surface area contributed by atoms with E-state index in [1.54, 1.807) is 0 Å². The van der Waals surface area contributed by atoms with Crippen LogP contribution in [0.3, 0.4) is 0 Å². The predicted octanol–water partition coefficient (Wildman–Crippen LogP) is 9.76. The second-order valence-electron chi connectivity index (χ2n) is 11.3. The van der Waals surface area contributed by atoms with Gasteiger partial charge in [-0.25, -0.2) is 0 Å². The van der Waals surface area contributed by atoms with Crippen molar-refractivity contribution in [1.82, 2.24) is 9.47 Å². The number of fused-ring (bicyclic) bond motifs is 6. The summed E-state index contributed by atoms with van der Waals surface area (Å²) >= 11 is 0. The molecule has 2 aromatic heterocycles. The van der Waals surface area contributed by atoms with Crippen LogP contribution in [0.1, 0.15) is 22.9 Å². The number of hydrogen-bond donors (Lipinski definition) is 1. The van der Waals surface area contributed by atoms with Crippen molar-refractivity contribution < 1.29 is 4.42 Å². The minimum absolute atomic E-state index is 0.405. The summed E-state index contributed by atoms with van der Waals surface area (Å²) in [6.07, 6.45) is 1.48. The van der Waals surface area contributed by atoms with Crippen molar-refractivity contribution in [2.75, 3.05) is 7.05 Å². The van der Waals surface area contributed by atoms with Crippen LogP contribution in [0.15, 0.2) is 155 Å². The number of rotatable bonds is 6. The first-order valence-electron chi connectivity index (χ1n) is 15.1. The minimum Gasteiger partial charge on any atom is -0.456 e. The fraction of sp³-hybridized carbons (Fsp3) is 0.0500.